The largest absolute Gasteiger partial charge is 0.443 e. The summed E-state index contributed by atoms with van der Waals surface area (Å²) in [6, 6.07) is 17.7. The molecule has 0 radical (unpaired) electrons. The molecule has 0 saturated carbocycles. The highest BCUT2D eigenvalue weighted by Gasteiger charge is 2.33. The summed E-state index contributed by atoms with van der Waals surface area (Å²) >= 11 is 0. The van der Waals surface area contributed by atoms with E-state index < -0.39 is 0 Å². The maximum atomic E-state index is 13.3. The quantitative estimate of drug-likeness (QED) is 0.560. The molecule has 0 spiro atoms. The Labute approximate surface area is 168 Å². The van der Waals surface area contributed by atoms with Crippen molar-refractivity contribution in [3.8, 4) is 0 Å². The van der Waals surface area contributed by atoms with Crippen LogP contribution in [0.1, 0.15) is 53.0 Å². The summed E-state index contributed by atoms with van der Waals surface area (Å²) in [5.74, 6) is 1.35. The molecular weight excluding hydrogens is 364 g/mol. The van der Waals surface area contributed by atoms with Crippen molar-refractivity contribution in [3.63, 3.8) is 0 Å². The van der Waals surface area contributed by atoms with Gasteiger partial charge in [0.1, 0.15) is 11.8 Å². The predicted octanol–water partition coefficient (Wildman–Crippen LogP) is 4.51. The van der Waals surface area contributed by atoms with Gasteiger partial charge in [0.05, 0.1) is 11.7 Å². The van der Waals surface area contributed by atoms with Gasteiger partial charge in [0.2, 0.25) is 5.89 Å². The molecule has 5 rings (SSSR count). The van der Waals surface area contributed by atoms with Gasteiger partial charge in [-0.05, 0) is 30.9 Å². The first kappa shape index (κ1) is 17.7. The topological polar surface area (TPSA) is 75.0 Å². The normalized spacial score (nSPS) is 17.0. The van der Waals surface area contributed by atoms with Gasteiger partial charge in [-0.15, -0.1) is 0 Å². The van der Waals surface area contributed by atoms with E-state index in [1.165, 1.54) is 5.56 Å². The third-order valence-corrected chi connectivity index (χ3v) is 5.51. The number of nitrogens with zero attached hydrogens (tertiary/aromatic N) is 3. The van der Waals surface area contributed by atoms with Crippen molar-refractivity contribution in [2.45, 2.75) is 31.7 Å². The number of fused-ring (bicyclic) bond motifs is 1. The van der Waals surface area contributed by atoms with Crippen LogP contribution in [0.25, 0.3) is 10.9 Å². The first-order valence-corrected chi connectivity index (χ1v) is 10.0. The number of amides is 1. The number of carbonyl (C=O) groups is 1. The Morgan fingerprint density at radius 3 is 2.83 bits per heavy atom. The van der Waals surface area contributed by atoms with Gasteiger partial charge in [0, 0.05) is 18.4 Å². The molecule has 1 saturated heterocycles. The molecule has 146 valence electrons. The second-order valence-corrected chi connectivity index (χ2v) is 7.46. The molecule has 1 atom stereocenters. The van der Waals surface area contributed by atoms with Gasteiger partial charge in [0.15, 0.2) is 5.69 Å². The molecule has 1 aliphatic rings. The van der Waals surface area contributed by atoms with E-state index in [1.54, 1.807) is 6.20 Å². The van der Waals surface area contributed by atoms with Gasteiger partial charge in [-0.1, -0.05) is 48.5 Å². The van der Waals surface area contributed by atoms with E-state index in [1.807, 2.05) is 47.4 Å². The minimum atomic E-state index is -0.156. The van der Waals surface area contributed by atoms with E-state index in [9.17, 15) is 4.79 Å². The SMILES string of the molecule is O=C(c1n[nH]c2ccccc12)N1CCCC[C@H]1c1ncc(Cc2ccccc2)o1. The summed E-state index contributed by atoms with van der Waals surface area (Å²) in [6.45, 7) is 0.682. The highest BCUT2D eigenvalue weighted by atomic mass is 16.4. The highest BCUT2D eigenvalue weighted by Crippen LogP contribution is 2.33. The number of piperidine rings is 1. The van der Waals surface area contributed by atoms with E-state index in [4.69, 9.17) is 4.42 Å². The van der Waals surface area contributed by atoms with E-state index in [0.29, 0.717) is 24.6 Å². The number of hydrogen-bond donors (Lipinski definition) is 1. The zero-order chi connectivity index (χ0) is 19.6. The Morgan fingerprint density at radius 2 is 1.93 bits per heavy atom. The van der Waals surface area contributed by atoms with Gasteiger partial charge in [-0.3, -0.25) is 9.89 Å². The standard InChI is InChI=1S/C23H22N4O2/c28-23(21-18-10-4-5-11-19(18)25-26-21)27-13-7-6-12-20(27)22-24-15-17(29-22)14-16-8-2-1-3-9-16/h1-5,8-11,15,20H,6-7,12-14H2,(H,25,26)/t20-/m0/s1. The summed E-state index contributed by atoms with van der Waals surface area (Å²) in [5, 5.41) is 8.10. The fourth-order valence-electron chi connectivity index (χ4n) is 4.05. The van der Waals surface area contributed by atoms with Gasteiger partial charge < -0.3 is 9.32 Å². The number of para-hydroxylation sites is 1. The molecule has 1 aliphatic heterocycles. The molecule has 6 nitrogen and oxygen atoms in total. The smallest absolute Gasteiger partial charge is 0.275 e. The molecule has 0 bridgehead atoms. The Morgan fingerprint density at radius 1 is 1.10 bits per heavy atom. The molecule has 1 fully saturated rings. The molecule has 1 amide bonds. The van der Waals surface area contributed by atoms with Crippen LogP contribution in [0.5, 0.6) is 0 Å². The van der Waals surface area contributed by atoms with Crippen LogP contribution in [0.15, 0.2) is 65.2 Å². The second-order valence-electron chi connectivity index (χ2n) is 7.46. The van der Waals surface area contributed by atoms with Crippen molar-refractivity contribution in [2.24, 2.45) is 0 Å². The number of aromatic amines is 1. The second kappa shape index (κ2) is 7.54. The third-order valence-electron chi connectivity index (χ3n) is 5.51. The van der Waals surface area contributed by atoms with Crippen molar-refractivity contribution in [3.05, 3.63) is 83.7 Å². The third kappa shape index (κ3) is 3.42. The van der Waals surface area contributed by atoms with Crippen molar-refractivity contribution in [1.82, 2.24) is 20.1 Å². The predicted molar refractivity (Wildman–Crippen MR) is 109 cm³/mol. The average Bonchev–Trinajstić information content (AvgIpc) is 3.41. The minimum absolute atomic E-state index is 0.0741. The van der Waals surface area contributed by atoms with Crippen LogP contribution in [0.4, 0.5) is 0 Å². The number of carbonyl (C=O) groups excluding carboxylic acids is 1. The minimum Gasteiger partial charge on any atom is -0.443 e. The van der Waals surface area contributed by atoms with Gasteiger partial charge in [0.25, 0.3) is 5.91 Å². The monoisotopic (exact) mass is 386 g/mol. The summed E-state index contributed by atoms with van der Waals surface area (Å²) < 4.78 is 6.08. The lowest BCUT2D eigenvalue weighted by atomic mass is 10.0. The Kier molecular flexibility index (Phi) is 4.60. The van der Waals surface area contributed by atoms with Gasteiger partial charge in [-0.25, -0.2) is 4.98 Å². The fourth-order valence-corrected chi connectivity index (χ4v) is 4.05. The van der Waals surface area contributed by atoms with E-state index >= 15 is 0 Å². The van der Waals surface area contributed by atoms with E-state index in [2.05, 4.69) is 27.3 Å². The summed E-state index contributed by atoms with van der Waals surface area (Å²) in [7, 11) is 0. The van der Waals surface area contributed by atoms with Crippen LogP contribution >= 0.6 is 0 Å². The molecule has 2 aromatic carbocycles. The lowest BCUT2D eigenvalue weighted by molar-refractivity contribution is 0.0566. The van der Waals surface area contributed by atoms with Crippen molar-refractivity contribution >= 4 is 16.8 Å². The first-order chi connectivity index (χ1) is 14.3. The van der Waals surface area contributed by atoms with Crippen LogP contribution < -0.4 is 0 Å². The van der Waals surface area contributed by atoms with Crippen molar-refractivity contribution in [2.75, 3.05) is 6.54 Å². The van der Waals surface area contributed by atoms with Crippen LogP contribution in [0, 0.1) is 0 Å². The van der Waals surface area contributed by atoms with Crippen molar-refractivity contribution < 1.29 is 9.21 Å². The first-order valence-electron chi connectivity index (χ1n) is 10.0. The summed E-state index contributed by atoms with van der Waals surface area (Å²) in [6.07, 6.45) is 5.34. The van der Waals surface area contributed by atoms with Gasteiger partial charge in [-0.2, -0.15) is 5.10 Å². The maximum Gasteiger partial charge on any atom is 0.275 e. The number of rotatable bonds is 4. The number of oxazole rings is 1. The number of hydrogen-bond acceptors (Lipinski definition) is 4. The fraction of sp³-hybridized carbons (Fsp3) is 0.261. The molecule has 6 heteroatoms. The lowest BCUT2D eigenvalue weighted by Crippen LogP contribution is -2.39. The Balaban J connectivity index is 1.41. The summed E-state index contributed by atoms with van der Waals surface area (Å²) in [5.41, 5.74) is 2.50. The van der Waals surface area contributed by atoms with Crippen LogP contribution in [0.2, 0.25) is 0 Å². The van der Waals surface area contributed by atoms with Gasteiger partial charge >= 0.3 is 0 Å². The van der Waals surface area contributed by atoms with Crippen LogP contribution in [-0.2, 0) is 6.42 Å². The molecule has 2 aromatic heterocycles. The molecule has 1 N–H and O–H groups in total. The number of aromatic nitrogens is 3. The molecule has 4 aromatic rings. The van der Waals surface area contributed by atoms with Crippen LogP contribution in [-0.4, -0.2) is 32.5 Å². The van der Waals surface area contributed by atoms with Crippen LogP contribution in [0.3, 0.4) is 0 Å². The zero-order valence-electron chi connectivity index (χ0n) is 16.0. The average molecular weight is 386 g/mol. The molecular formula is C23H22N4O2. The van der Waals surface area contributed by atoms with E-state index in [-0.39, 0.29) is 11.9 Å². The molecule has 0 unspecified atom stereocenters. The maximum absolute atomic E-state index is 13.3. The number of benzene rings is 2. The Bertz CT molecular complexity index is 1130. The number of H-pyrrole nitrogens is 1. The summed E-state index contributed by atoms with van der Waals surface area (Å²) in [4.78, 5) is 19.7. The lowest BCUT2D eigenvalue weighted by Gasteiger charge is -2.33. The number of nitrogens with one attached hydrogen (secondary N) is 1. The van der Waals surface area contributed by atoms with Crippen molar-refractivity contribution in [1.29, 1.82) is 0 Å². The van der Waals surface area contributed by atoms with E-state index in [0.717, 1.165) is 35.9 Å². The molecule has 29 heavy (non-hydrogen) atoms. The zero-order valence-corrected chi connectivity index (χ0v) is 16.0. The molecule has 0 aliphatic carbocycles. The highest BCUT2D eigenvalue weighted by molar-refractivity contribution is 6.04. The Hall–Kier alpha value is -3.41. The number of likely N-dealkylation sites (tertiary alicyclic amines) is 1. The molecule has 3 heterocycles.